The van der Waals surface area contributed by atoms with Crippen LogP contribution < -0.4 is 0 Å². The summed E-state index contributed by atoms with van der Waals surface area (Å²) < 4.78 is 29.4. The number of halogens is 2. The topological polar surface area (TPSA) is 58.4 Å². The molecule has 0 unspecified atom stereocenters. The number of aromatic nitrogens is 2. The Morgan fingerprint density at radius 2 is 2.12 bits per heavy atom. The predicted octanol–water partition coefficient (Wildman–Crippen LogP) is 2.69. The summed E-state index contributed by atoms with van der Waals surface area (Å²) in [4.78, 5) is 18.2. The number of amides is 1. The molecule has 0 bridgehead atoms. The smallest absolute Gasteiger partial charge is 0.274 e. The molecule has 1 aliphatic rings. The number of aliphatic hydroxyl groups excluding tert-OH is 1. The van der Waals surface area contributed by atoms with E-state index < -0.39 is 29.7 Å². The molecule has 1 aromatic heterocycles. The van der Waals surface area contributed by atoms with Gasteiger partial charge in [0.15, 0.2) is 0 Å². The summed E-state index contributed by atoms with van der Waals surface area (Å²) in [5.41, 5.74) is 0.294. The van der Waals surface area contributed by atoms with Gasteiger partial charge in [0.05, 0.1) is 18.5 Å². The lowest BCUT2D eigenvalue weighted by Crippen LogP contribution is -2.32. The fraction of sp³-hybridized carbons (Fsp3) is 0.412. The average Bonchev–Trinajstić information content (AvgIpc) is 3.16. The lowest BCUT2D eigenvalue weighted by atomic mass is 10.0. The Morgan fingerprint density at radius 1 is 1.38 bits per heavy atom. The van der Waals surface area contributed by atoms with Crippen LogP contribution in [0.25, 0.3) is 0 Å². The van der Waals surface area contributed by atoms with E-state index in [9.17, 15) is 18.7 Å². The monoisotopic (exact) mass is 335 g/mol. The van der Waals surface area contributed by atoms with Crippen LogP contribution >= 0.6 is 0 Å². The number of hydrogen-bond donors (Lipinski definition) is 1. The van der Waals surface area contributed by atoms with Crippen LogP contribution in [0.5, 0.6) is 0 Å². The van der Waals surface area contributed by atoms with E-state index in [0.29, 0.717) is 0 Å². The molecule has 0 spiro atoms. The molecule has 0 saturated carbocycles. The van der Waals surface area contributed by atoms with Crippen molar-refractivity contribution >= 4 is 5.91 Å². The number of carbonyl (C=O) groups excluding carboxylic acids is 1. The molecule has 24 heavy (non-hydrogen) atoms. The normalized spacial score (nSPS) is 20.8. The Labute approximate surface area is 138 Å². The molecule has 0 radical (unpaired) electrons. The minimum absolute atomic E-state index is 0.0635. The van der Waals surface area contributed by atoms with Gasteiger partial charge in [-0.05, 0) is 38.5 Å². The summed E-state index contributed by atoms with van der Waals surface area (Å²) in [5, 5.41) is 9.95. The largest absolute Gasteiger partial charge is 0.391 e. The van der Waals surface area contributed by atoms with Gasteiger partial charge in [-0.25, -0.2) is 13.8 Å². The third-order valence-electron chi connectivity index (χ3n) is 4.27. The van der Waals surface area contributed by atoms with Crippen LogP contribution in [0.15, 0.2) is 30.7 Å². The number of hydrogen-bond acceptors (Lipinski definition) is 3. The highest BCUT2D eigenvalue weighted by Gasteiger charge is 2.38. The molecule has 1 aliphatic heterocycles. The molecule has 5 nitrogen and oxygen atoms in total. The minimum Gasteiger partial charge on any atom is -0.391 e. The Hall–Kier alpha value is -2.28. The van der Waals surface area contributed by atoms with Gasteiger partial charge in [-0.3, -0.25) is 4.79 Å². The quantitative estimate of drug-likeness (QED) is 0.938. The molecule has 1 amide bonds. The van der Waals surface area contributed by atoms with Crippen molar-refractivity contribution in [2.24, 2.45) is 0 Å². The van der Waals surface area contributed by atoms with Crippen LogP contribution in [0.4, 0.5) is 8.78 Å². The number of likely N-dealkylation sites (tertiary alicyclic amines) is 1. The summed E-state index contributed by atoms with van der Waals surface area (Å²) in [7, 11) is 0. The van der Waals surface area contributed by atoms with Crippen LogP contribution in [0.3, 0.4) is 0 Å². The molecule has 0 aliphatic carbocycles. The van der Waals surface area contributed by atoms with Gasteiger partial charge in [-0.2, -0.15) is 0 Å². The van der Waals surface area contributed by atoms with E-state index in [0.717, 1.165) is 18.2 Å². The van der Waals surface area contributed by atoms with Crippen molar-refractivity contribution in [1.82, 2.24) is 14.5 Å². The highest BCUT2D eigenvalue weighted by molar-refractivity contribution is 5.92. The third kappa shape index (κ3) is 3.03. The number of imidazole rings is 1. The first kappa shape index (κ1) is 16.6. The highest BCUT2D eigenvalue weighted by Crippen LogP contribution is 2.35. The van der Waals surface area contributed by atoms with E-state index in [1.54, 1.807) is 17.1 Å². The van der Waals surface area contributed by atoms with Crippen molar-refractivity contribution in [3.05, 3.63) is 53.6 Å². The maximum absolute atomic E-state index is 14.1. The zero-order valence-electron chi connectivity index (χ0n) is 13.5. The van der Waals surface area contributed by atoms with Gasteiger partial charge < -0.3 is 14.6 Å². The second-order valence-corrected chi connectivity index (χ2v) is 6.33. The fourth-order valence-electron chi connectivity index (χ4n) is 2.98. The Morgan fingerprint density at radius 3 is 2.79 bits per heavy atom. The molecule has 2 aromatic rings. The van der Waals surface area contributed by atoms with Gasteiger partial charge >= 0.3 is 0 Å². The Kier molecular flexibility index (Phi) is 4.36. The highest BCUT2D eigenvalue weighted by atomic mass is 19.1. The summed E-state index contributed by atoms with van der Waals surface area (Å²) in [6, 6.07) is 2.57. The second kappa shape index (κ2) is 6.32. The van der Waals surface area contributed by atoms with E-state index in [1.807, 2.05) is 13.8 Å². The molecule has 2 atom stereocenters. The van der Waals surface area contributed by atoms with E-state index >= 15 is 0 Å². The maximum Gasteiger partial charge on any atom is 0.274 e. The number of nitrogens with zero attached hydrogens (tertiary/aromatic N) is 3. The van der Waals surface area contributed by atoms with Crippen LogP contribution in [-0.4, -0.2) is 38.1 Å². The van der Waals surface area contributed by atoms with E-state index in [-0.39, 0.29) is 30.3 Å². The molecule has 1 N–H and O–H groups in total. The standard InChI is InChI=1S/C17H19F2N3O2/c1-10(2)21-8-15(20-9-21)17(24)22-7-12(23)6-16(22)13-5-11(18)3-4-14(13)19/h3-5,8-10,12,16,23H,6-7H2,1-2H3/t12-,16-/m0/s1. The predicted molar refractivity (Wildman–Crippen MR) is 83.4 cm³/mol. The molecular weight excluding hydrogens is 316 g/mol. The van der Waals surface area contributed by atoms with Crippen molar-refractivity contribution in [3.8, 4) is 0 Å². The van der Waals surface area contributed by atoms with Crippen molar-refractivity contribution in [1.29, 1.82) is 0 Å². The van der Waals surface area contributed by atoms with Crippen LogP contribution in [0.2, 0.25) is 0 Å². The van der Waals surface area contributed by atoms with Gasteiger partial charge in [-0.15, -0.1) is 0 Å². The van der Waals surface area contributed by atoms with Gasteiger partial charge in [-0.1, -0.05) is 0 Å². The van der Waals surface area contributed by atoms with Gasteiger partial charge in [0.25, 0.3) is 5.91 Å². The summed E-state index contributed by atoms with van der Waals surface area (Å²) in [6.45, 7) is 3.98. The summed E-state index contributed by atoms with van der Waals surface area (Å²) >= 11 is 0. The van der Waals surface area contributed by atoms with Crippen LogP contribution in [-0.2, 0) is 0 Å². The van der Waals surface area contributed by atoms with Crippen molar-refractivity contribution < 1.29 is 18.7 Å². The number of β-amino-alcohol motifs (C(OH)–C–C–N with tert-alkyl or cyclic N) is 1. The van der Waals surface area contributed by atoms with Crippen LogP contribution in [0, 0.1) is 11.6 Å². The molecule has 1 fully saturated rings. The molecule has 1 saturated heterocycles. The minimum atomic E-state index is -0.784. The number of carbonyl (C=O) groups is 1. The zero-order valence-corrected chi connectivity index (χ0v) is 13.5. The maximum atomic E-state index is 14.1. The first-order chi connectivity index (χ1) is 11.4. The van der Waals surface area contributed by atoms with Crippen molar-refractivity contribution in [3.63, 3.8) is 0 Å². The van der Waals surface area contributed by atoms with Gasteiger partial charge in [0.1, 0.15) is 17.3 Å². The van der Waals surface area contributed by atoms with E-state index in [4.69, 9.17) is 0 Å². The van der Waals surface area contributed by atoms with Crippen molar-refractivity contribution in [2.75, 3.05) is 6.54 Å². The molecule has 7 heteroatoms. The lowest BCUT2D eigenvalue weighted by Gasteiger charge is -2.24. The molecule has 128 valence electrons. The Balaban J connectivity index is 1.92. The van der Waals surface area contributed by atoms with E-state index in [2.05, 4.69) is 4.98 Å². The first-order valence-corrected chi connectivity index (χ1v) is 7.84. The van der Waals surface area contributed by atoms with Crippen LogP contribution in [0.1, 0.15) is 48.4 Å². The third-order valence-corrected chi connectivity index (χ3v) is 4.27. The van der Waals surface area contributed by atoms with Crippen molar-refractivity contribution in [2.45, 2.75) is 38.5 Å². The molecular formula is C17H19F2N3O2. The summed E-state index contributed by atoms with van der Waals surface area (Å²) in [6.07, 6.45) is 2.56. The molecule has 3 rings (SSSR count). The molecule has 1 aromatic carbocycles. The van der Waals surface area contributed by atoms with E-state index in [1.165, 1.54) is 4.90 Å². The number of benzene rings is 1. The average molecular weight is 335 g/mol. The lowest BCUT2D eigenvalue weighted by molar-refractivity contribution is 0.0708. The fourth-order valence-corrected chi connectivity index (χ4v) is 2.98. The first-order valence-electron chi connectivity index (χ1n) is 7.84. The number of aliphatic hydroxyl groups is 1. The zero-order chi connectivity index (χ0) is 17.4. The number of rotatable bonds is 3. The van der Waals surface area contributed by atoms with Gasteiger partial charge in [0, 0.05) is 24.3 Å². The SMILES string of the molecule is CC(C)n1cnc(C(=O)N2C[C@@H](O)C[C@H]2c2cc(F)ccc2F)c1. The second-order valence-electron chi connectivity index (χ2n) is 6.33. The van der Waals surface area contributed by atoms with Gasteiger partial charge in [0.2, 0.25) is 0 Å². The molecule has 2 heterocycles. The Bertz CT molecular complexity index is 760. The summed E-state index contributed by atoms with van der Waals surface area (Å²) in [5.74, 6) is -1.58.